The summed E-state index contributed by atoms with van der Waals surface area (Å²) in [6.07, 6.45) is 1.46. The van der Waals surface area contributed by atoms with Gasteiger partial charge in [-0.1, -0.05) is 37.3 Å². The van der Waals surface area contributed by atoms with Crippen LogP contribution in [0.15, 0.2) is 64.2 Å². The highest BCUT2D eigenvalue weighted by molar-refractivity contribution is 5.90. The fourth-order valence-corrected chi connectivity index (χ4v) is 5.00. The second kappa shape index (κ2) is 10.1. The maximum atomic E-state index is 13.6. The van der Waals surface area contributed by atoms with E-state index >= 15 is 0 Å². The molecule has 5 rings (SSSR count). The molecular weight excluding hydrogens is 470 g/mol. The maximum absolute atomic E-state index is 13.6. The number of benzene rings is 2. The number of imidazole rings is 1. The van der Waals surface area contributed by atoms with E-state index in [4.69, 9.17) is 9.72 Å². The van der Waals surface area contributed by atoms with Crippen LogP contribution in [-0.4, -0.2) is 37.8 Å². The number of nitrogens with zero attached hydrogens (tertiary/aromatic N) is 5. The van der Waals surface area contributed by atoms with Crippen LogP contribution in [0.1, 0.15) is 36.2 Å². The van der Waals surface area contributed by atoms with Crippen molar-refractivity contribution in [2.75, 3.05) is 18.1 Å². The molecule has 0 fully saturated rings. The third-order valence-corrected chi connectivity index (χ3v) is 6.82. The van der Waals surface area contributed by atoms with E-state index in [0.29, 0.717) is 55.3 Å². The van der Waals surface area contributed by atoms with Crippen LogP contribution in [-0.2, 0) is 31.3 Å². The fraction of sp³-hybridized carbons (Fsp3) is 0.357. The molecule has 2 aromatic carbocycles. The van der Waals surface area contributed by atoms with E-state index in [1.165, 1.54) is 14.7 Å². The van der Waals surface area contributed by atoms with E-state index in [1.54, 1.807) is 26.1 Å². The van der Waals surface area contributed by atoms with Gasteiger partial charge in [-0.2, -0.15) is 4.98 Å². The van der Waals surface area contributed by atoms with E-state index in [1.807, 2.05) is 51.9 Å². The van der Waals surface area contributed by atoms with Gasteiger partial charge in [0.2, 0.25) is 5.95 Å². The van der Waals surface area contributed by atoms with Crippen LogP contribution in [0.25, 0.3) is 11.2 Å². The molecule has 0 N–H and O–H groups in total. The van der Waals surface area contributed by atoms with Gasteiger partial charge in [0.05, 0.1) is 12.2 Å². The second-order valence-electron chi connectivity index (χ2n) is 9.57. The summed E-state index contributed by atoms with van der Waals surface area (Å²) < 4.78 is 9.82. The highest BCUT2D eigenvalue weighted by Gasteiger charge is 2.30. The summed E-state index contributed by atoms with van der Waals surface area (Å²) in [4.78, 5) is 45.7. The van der Waals surface area contributed by atoms with Crippen molar-refractivity contribution in [3.63, 3.8) is 0 Å². The molecule has 0 amide bonds. The van der Waals surface area contributed by atoms with Crippen LogP contribution in [0.5, 0.6) is 0 Å². The van der Waals surface area contributed by atoms with Gasteiger partial charge < -0.3 is 14.2 Å². The molecule has 1 aliphatic rings. The Morgan fingerprint density at radius 3 is 2.49 bits per heavy atom. The third-order valence-electron chi connectivity index (χ3n) is 6.82. The summed E-state index contributed by atoms with van der Waals surface area (Å²) in [7, 11) is 1.67. The Kier molecular flexibility index (Phi) is 6.69. The van der Waals surface area contributed by atoms with Crippen LogP contribution in [0.4, 0.5) is 11.6 Å². The number of hydrogen-bond acceptors (Lipinski definition) is 6. The molecule has 9 heteroatoms. The molecule has 3 heterocycles. The molecule has 1 aliphatic heterocycles. The Morgan fingerprint density at radius 2 is 1.78 bits per heavy atom. The predicted octanol–water partition coefficient (Wildman–Crippen LogP) is 3.49. The molecule has 9 nitrogen and oxygen atoms in total. The van der Waals surface area contributed by atoms with Gasteiger partial charge in [0.1, 0.15) is 0 Å². The molecule has 0 saturated heterocycles. The summed E-state index contributed by atoms with van der Waals surface area (Å²) in [5.41, 5.74) is 2.65. The predicted molar refractivity (Wildman–Crippen MR) is 143 cm³/mol. The van der Waals surface area contributed by atoms with Gasteiger partial charge in [-0.15, -0.1) is 0 Å². The zero-order valence-electron chi connectivity index (χ0n) is 21.4. The number of rotatable bonds is 7. The average molecular weight is 502 g/mol. The first kappa shape index (κ1) is 24.5. The molecular formula is C28H31N5O4. The number of aromatic nitrogens is 4. The van der Waals surface area contributed by atoms with Gasteiger partial charge in [0.15, 0.2) is 11.2 Å². The quantitative estimate of drug-likeness (QED) is 0.360. The minimum absolute atomic E-state index is 0.234. The van der Waals surface area contributed by atoms with Crippen molar-refractivity contribution in [3.8, 4) is 0 Å². The van der Waals surface area contributed by atoms with Crippen molar-refractivity contribution in [1.29, 1.82) is 0 Å². The van der Waals surface area contributed by atoms with Crippen molar-refractivity contribution in [2.45, 2.75) is 39.8 Å². The van der Waals surface area contributed by atoms with Gasteiger partial charge >= 0.3 is 11.7 Å². The van der Waals surface area contributed by atoms with Gasteiger partial charge in [-0.05, 0) is 55.5 Å². The highest BCUT2D eigenvalue weighted by Crippen LogP contribution is 2.33. The number of anilines is 2. The summed E-state index contributed by atoms with van der Waals surface area (Å²) >= 11 is 0. The van der Waals surface area contributed by atoms with E-state index < -0.39 is 0 Å². The average Bonchev–Trinajstić information content (AvgIpc) is 3.29. The monoisotopic (exact) mass is 501 g/mol. The zero-order valence-corrected chi connectivity index (χ0v) is 21.4. The van der Waals surface area contributed by atoms with E-state index in [2.05, 4.69) is 6.92 Å². The molecule has 0 aliphatic carbocycles. The molecule has 0 saturated carbocycles. The van der Waals surface area contributed by atoms with Crippen LogP contribution in [0, 0.1) is 5.92 Å². The van der Waals surface area contributed by atoms with Crippen molar-refractivity contribution in [3.05, 3.63) is 86.6 Å². The molecule has 1 atom stereocenters. The summed E-state index contributed by atoms with van der Waals surface area (Å²) in [6.45, 7) is 5.87. The lowest BCUT2D eigenvalue weighted by Crippen LogP contribution is -2.40. The smallest absolute Gasteiger partial charge is 0.338 e. The van der Waals surface area contributed by atoms with Crippen LogP contribution >= 0.6 is 0 Å². The largest absolute Gasteiger partial charge is 0.462 e. The SMILES string of the molecule is CCOC(=O)c1ccc(N2CC(C)Cn3c2nc2c3c(=O)n(CCCc3ccccc3)c(=O)n2C)cc1. The second-order valence-corrected chi connectivity index (χ2v) is 9.57. The number of carbonyl (C=O) groups is 1. The van der Waals surface area contributed by atoms with Gasteiger partial charge in [-0.3, -0.25) is 13.9 Å². The molecule has 37 heavy (non-hydrogen) atoms. The van der Waals surface area contributed by atoms with Gasteiger partial charge in [-0.25, -0.2) is 9.59 Å². The number of carbonyl (C=O) groups excluding carboxylic acids is 1. The zero-order chi connectivity index (χ0) is 26.1. The number of esters is 1. The van der Waals surface area contributed by atoms with Crippen molar-refractivity contribution in [2.24, 2.45) is 13.0 Å². The summed E-state index contributed by atoms with van der Waals surface area (Å²) in [6, 6.07) is 17.2. The van der Waals surface area contributed by atoms with Crippen molar-refractivity contribution in [1.82, 2.24) is 18.7 Å². The summed E-state index contributed by atoms with van der Waals surface area (Å²) in [5.74, 6) is 0.486. The van der Waals surface area contributed by atoms with Crippen LogP contribution in [0.2, 0.25) is 0 Å². The maximum Gasteiger partial charge on any atom is 0.338 e. The molecule has 0 spiro atoms. The molecule has 0 radical (unpaired) electrons. The minimum atomic E-state index is -0.365. The minimum Gasteiger partial charge on any atom is -0.462 e. The van der Waals surface area contributed by atoms with Crippen LogP contribution in [0.3, 0.4) is 0 Å². The summed E-state index contributed by atoms with van der Waals surface area (Å²) in [5, 5.41) is 0. The number of hydrogen-bond donors (Lipinski definition) is 0. The Balaban J connectivity index is 1.52. The lowest BCUT2D eigenvalue weighted by Gasteiger charge is -2.33. The Bertz CT molecular complexity index is 1550. The molecule has 1 unspecified atom stereocenters. The first-order valence-corrected chi connectivity index (χ1v) is 12.7. The van der Waals surface area contributed by atoms with E-state index in [0.717, 1.165) is 12.1 Å². The van der Waals surface area contributed by atoms with Gasteiger partial charge in [0, 0.05) is 32.4 Å². The normalized spacial score (nSPS) is 15.1. The van der Waals surface area contributed by atoms with Crippen LogP contribution < -0.4 is 16.1 Å². The van der Waals surface area contributed by atoms with Crippen molar-refractivity contribution >= 4 is 28.8 Å². The fourth-order valence-electron chi connectivity index (χ4n) is 5.00. The Morgan fingerprint density at radius 1 is 1.05 bits per heavy atom. The molecule has 2 aromatic heterocycles. The standard InChI is InChI=1S/C28H31N5O4/c1-4-37-26(35)21-12-14-22(15-13-21)32-17-19(2)18-33-23-24(29-27(32)33)30(3)28(36)31(25(23)34)16-8-11-20-9-6-5-7-10-20/h5-7,9-10,12-15,19H,4,8,11,16-18H2,1-3H3. The number of ether oxygens (including phenoxy) is 1. The lowest BCUT2D eigenvalue weighted by molar-refractivity contribution is 0.0526. The molecule has 4 aromatic rings. The first-order valence-electron chi connectivity index (χ1n) is 12.7. The molecule has 0 bridgehead atoms. The highest BCUT2D eigenvalue weighted by atomic mass is 16.5. The topological polar surface area (TPSA) is 91.4 Å². The van der Waals surface area contributed by atoms with Gasteiger partial charge in [0.25, 0.3) is 5.56 Å². The van der Waals surface area contributed by atoms with E-state index in [-0.39, 0.29) is 23.1 Å². The third kappa shape index (κ3) is 4.57. The Hall–Kier alpha value is -4.14. The Labute approximate surface area is 214 Å². The van der Waals surface area contributed by atoms with Crippen molar-refractivity contribution < 1.29 is 9.53 Å². The molecule has 192 valence electrons. The van der Waals surface area contributed by atoms with E-state index in [9.17, 15) is 14.4 Å². The lowest BCUT2D eigenvalue weighted by atomic mass is 10.1. The number of fused-ring (bicyclic) bond motifs is 3. The first-order chi connectivity index (χ1) is 17.9. The number of aryl methyl sites for hydroxylation is 2.